The minimum Gasteiger partial charge on any atom is -0.310 e. The van der Waals surface area contributed by atoms with Crippen LogP contribution < -0.4 is 9.80 Å². The van der Waals surface area contributed by atoms with Gasteiger partial charge in [-0.15, -0.1) is 0 Å². The van der Waals surface area contributed by atoms with Crippen molar-refractivity contribution in [2.45, 2.75) is 196 Å². The van der Waals surface area contributed by atoms with E-state index in [9.17, 15) is 0 Å². The molecule has 0 radical (unpaired) electrons. The van der Waals surface area contributed by atoms with E-state index in [1.807, 2.05) is 0 Å². The van der Waals surface area contributed by atoms with Crippen molar-refractivity contribution in [2.75, 3.05) is 9.80 Å². The summed E-state index contributed by atoms with van der Waals surface area (Å²) in [4.78, 5) is 5.04. The molecule has 0 amide bonds. The van der Waals surface area contributed by atoms with E-state index < -0.39 is 5.41 Å². The molecular formula is C78H94N2. The van der Waals surface area contributed by atoms with Crippen LogP contribution >= 0.6 is 0 Å². The highest BCUT2D eigenvalue weighted by molar-refractivity contribution is 5.92. The van der Waals surface area contributed by atoms with Crippen molar-refractivity contribution in [3.05, 3.63) is 237 Å². The molecule has 8 aromatic rings. The minimum atomic E-state index is -0.648. The van der Waals surface area contributed by atoms with Gasteiger partial charge < -0.3 is 9.80 Å². The molecule has 0 saturated carbocycles. The van der Waals surface area contributed by atoms with Crippen molar-refractivity contribution >= 4 is 34.1 Å². The Hall–Kier alpha value is -6.64. The van der Waals surface area contributed by atoms with Crippen LogP contribution in [0.1, 0.15) is 204 Å². The van der Waals surface area contributed by atoms with Crippen LogP contribution in [0.5, 0.6) is 0 Å². The largest absolute Gasteiger partial charge is 0.310 e. The molecule has 9 rings (SSSR count). The van der Waals surface area contributed by atoms with Crippen molar-refractivity contribution in [3.63, 3.8) is 0 Å². The summed E-state index contributed by atoms with van der Waals surface area (Å²) in [5.74, 6) is 0. The predicted molar refractivity (Wildman–Crippen MR) is 348 cm³/mol. The number of aryl methyl sites for hydroxylation is 8. The first-order valence-electron chi connectivity index (χ1n) is 31.6. The second-order valence-electron chi connectivity index (χ2n) is 23.8. The van der Waals surface area contributed by atoms with Crippen LogP contribution in [-0.4, -0.2) is 0 Å². The van der Waals surface area contributed by atoms with Gasteiger partial charge in [-0.05, 0) is 219 Å². The molecular weight excluding hydrogens is 965 g/mol. The third kappa shape index (κ3) is 13.6. The van der Waals surface area contributed by atoms with Crippen LogP contribution in [0, 0.1) is 20.8 Å². The van der Waals surface area contributed by atoms with Gasteiger partial charge in [-0.25, -0.2) is 0 Å². The van der Waals surface area contributed by atoms with Gasteiger partial charge in [0.05, 0.1) is 5.41 Å². The van der Waals surface area contributed by atoms with E-state index in [0.717, 1.165) is 32.1 Å². The summed E-state index contributed by atoms with van der Waals surface area (Å²) in [5.41, 5.74) is 25.6. The number of hydrogen-bond donors (Lipinski definition) is 0. The average Bonchev–Trinajstić information content (AvgIpc) is 3.88. The molecule has 0 N–H and O–H groups in total. The van der Waals surface area contributed by atoms with Crippen molar-refractivity contribution in [2.24, 2.45) is 0 Å². The number of rotatable bonds is 29. The highest BCUT2D eigenvalue weighted by Crippen LogP contribution is 2.59. The Morgan fingerprint density at radius 1 is 0.263 bits per heavy atom. The normalized spacial score (nSPS) is 12.4. The zero-order valence-electron chi connectivity index (χ0n) is 50.4. The summed E-state index contributed by atoms with van der Waals surface area (Å²) < 4.78 is 0. The van der Waals surface area contributed by atoms with E-state index >= 15 is 0 Å². The third-order valence-corrected chi connectivity index (χ3v) is 17.2. The lowest BCUT2D eigenvalue weighted by atomic mass is 9.66. The van der Waals surface area contributed by atoms with Gasteiger partial charge in [0.15, 0.2) is 0 Å². The van der Waals surface area contributed by atoms with E-state index in [0.29, 0.717) is 0 Å². The first kappa shape index (κ1) is 58.0. The van der Waals surface area contributed by atoms with Crippen molar-refractivity contribution < 1.29 is 0 Å². The van der Waals surface area contributed by atoms with Crippen LogP contribution in [0.2, 0.25) is 0 Å². The fraction of sp³-hybridized carbons (Fsp3) is 0.385. The lowest BCUT2D eigenvalue weighted by Crippen LogP contribution is -2.30. The zero-order valence-corrected chi connectivity index (χ0v) is 50.4. The lowest BCUT2D eigenvalue weighted by molar-refractivity contribution is 0.658. The molecule has 0 fully saturated rings. The number of nitrogens with zero attached hydrogens (tertiary/aromatic N) is 2. The molecule has 0 bridgehead atoms. The first-order valence-corrected chi connectivity index (χ1v) is 31.6. The van der Waals surface area contributed by atoms with Crippen molar-refractivity contribution in [1.29, 1.82) is 0 Å². The van der Waals surface area contributed by atoms with Crippen LogP contribution in [0.15, 0.2) is 170 Å². The van der Waals surface area contributed by atoms with Gasteiger partial charge in [0.2, 0.25) is 0 Å². The maximum Gasteiger partial charge on any atom is 0.0715 e. The van der Waals surface area contributed by atoms with Crippen LogP contribution in [-0.2, 0) is 37.5 Å². The highest BCUT2D eigenvalue weighted by atomic mass is 15.1. The molecule has 416 valence electrons. The molecule has 1 aliphatic carbocycles. The average molecular weight is 1060 g/mol. The maximum absolute atomic E-state index is 2.67. The molecule has 0 unspecified atom stereocenters. The topological polar surface area (TPSA) is 6.48 Å². The zero-order chi connectivity index (χ0) is 55.8. The molecule has 0 atom stereocenters. The van der Waals surface area contributed by atoms with Crippen molar-refractivity contribution in [3.8, 4) is 11.1 Å². The Morgan fingerprint density at radius 3 is 0.963 bits per heavy atom. The fourth-order valence-corrected chi connectivity index (χ4v) is 12.8. The van der Waals surface area contributed by atoms with Crippen molar-refractivity contribution in [1.82, 2.24) is 0 Å². The minimum absolute atomic E-state index is 0.648. The third-order valence-electron chi connectivity index (χ3n) is 17.2. The molecule has 0 saturated heterocycles. The molecule has 0 heterocycles. The summed E-state index contributed by atoms with van der Waals surface area (Å²) in [6.45, 7) is 18.3. The van der Waals surface area contributed by atoms with E-state index in [1.54, 1.807) is 0 Å². The van der Waals surface area contributed by atoms with Gasteiger partial charge in [0.1, 0.15) is 0 Å². The van der Waals surface area contributed by atoms with Gasteiger partial charge in [-0.2, -0.15) is 0 Å². The molecule has 0 aliphatic heterocycles. The van der Waals surface area contributed by atoms with E-state index in [1.165, 1.54) is 215 Å². The van der Waals surface area contributed by atoms with Crippen LogP contribution in [0.4, 0.5) is 34.1 Å². The SMILES string of the molecule is CCCCCCc1cc(C)cc(C2(c3cc(CCCCCC)cc(CCCCCC)c3)c3cc(N(c4ccc(C)cc4)c4ccc(CCCC)cc4)ccc3-c3ccc(N(c4ccc(C)cc4)c4ccc(CCCC)cc4)cc32)c1. The number of benzene rings is 8. The second kappa shape index (κ2) is 28.2. The molecule has 2 nitrogen and oxygen atoms in total. The van der Waals surface area contributed by atoms with Gasteiger partial charge in [0.25, 0.3) is 0 Å². The van der Waals surface area contributed by atoms with Crippen LogP contribution in [0.25, 0.3) is 11.1 Å². The summed E-state index contributed by atoms with van der Waals surface area (Å²) in [7, 11) is 0. The summed E-state index contributed by atoms with van der Waals surface area (Å²) in [5, 5.41) is 0. The van der Waals surface area contributed by atoms with Gasteiger partial charge in [-0.3, -0.25) is 0 Å². The molecule has 0 aromatic heterocycles. The van der Waals surface area contributed by atoms with E-state index in [-0.39, 0.29) is 0 Å². The number of anilines is 6. The summed E-state index contributed by atoms with van der Waals surface area (Å²) in [6.07, 6.45) is 25.2. The lowest BCUT2D eigenvalue weighted by Gasteiger charge is -2.37. The molecule has 0 spiro atoms. The molecule has 2 heteroatoms. The monoisotopic (exact) mass is 1060 g/mol. The van der Waals surface area contributed by atoms with Gasteiger partial charge >= 0.3 is 0 Å². The van der Waals surface area contributed by atoms with Gasteiger partial charge in [0, 0.05) is 34.1 Å². The first-order chi connectivity index (χ1) is 39.2. The Kier molecular flexibility index (Phi) is 20.4. The second-order valence-corrected chi connectivity index (χ2v) is 23.8. The molecule has 80 heavy (non-hydrogen) atoms. The number of fused-ring (bicyclic) bond motifs is 3. The molecule has 1 aliphatic rings. The smallest absolute Gasteiger partial charge is 0.0715 e. The Morgan fingerprint density at radius 2 is 0.588 bits per heavy atom. The Labute approximate surface area is 484 Å². The Bertz CT molecular complexity index is 3030. The predicted octanol–water partition coefficient (Wildman–Crippen LogP) is 23.0. The number of hydrogen-bond acceptors (Lipinski definition) is 2. The van der Waals surface area contributed by atoms with Crippen LogP contribution in [0.3, 0.4) is 0 Å². The fourth-order valence-electron chi connectivity index (χ4n) is 12.8. The van der Waals surface area contributed by atoms with E-state index in [2.05, 4.69) is 235 Å². The standard InChI is InChI=1S/C78H94N2/c1-9-14-19-22-27-63-50-60(8)51-66(53-63)78(67-54-64(28-23-20-15-10-2)52-65(55-67)29-24-21-16-11-3)76-56-72(79(68-38-30-58(6)31-39-68)70-42-34-61(35-43-70)25-17-12-4)46-48-74(76)75-49-47-73(57-77(75)78)80(69-40-32-59(7)33-41-69)71-44-36-62(37-45-71)26-18-13-5/h30-57H,9-29H2,1-8H3. The quantitative estimate of drug-likeness (QED) is 0.0431. The highest BCUT2D eigenvalue weighted by Gasteiger charge is 2.47. The summed E-state index contributed by atoms with van der Waals surface area (Å²) >= 11 is 0. The summed E-state index contributed by atoms with van der Waals surface area (Å²) in [6, 6.07) is 67.9. The molecule has 8 aromatic carbocycles. The number of unbranched alkanes of at least 4 members (excludes halogenated alkanes) is 11. The van der Waals surface area contributed by atoms with Gasteiger partial charge in [-0.1, -0.05) is 219 Å². The van der Waals surface area contributed by atoms with E-state index in [4.69, 9.17) is 0 Å². The Balaban J connectivity index is 1.36. The maximum atomic E-state index is 2.67.